The van der Waals surface area contributed by atoms with Crippen molar-refractivity contribution >= 4 is 29.7 Å². The summed E-state index contributed by atoms with van der Waals surface area (Å²) in [5.74, 6) is -7.50. The zero-order chi connectivity index (χ0) is 35.0. The minimum atomic E-state index is -2.29. The molecule has 11 nitrogen and oxygen atoms in total. The Balaban J connectivity index is 1.38. The van der Waals surface area contributed by atoms with Gasteiger partial charge in [-0.25, -0.2) is 14.4 Å². The minimum absolute atomic E-state index is 0.0313. The number of rotatable bonds is 8. The SMILES string of the molecule is COc1cc2c(cc1OC(=O)c1ccccc1)[C@H]1c3c(OC(=O)c4ccccc4)cc(OC(=O)c4ccccc4)cc3O[C@@]1(OC(C)=O)C2=O. The van der Waals surface area contributed by atoms with E-state index in [9.17, 15) is 24.0 Å². The van der Waals surface area contributed by atoms with Gasteiger partial charge in [-0.3, -0.25) is 9.59 Å². The topological polar surface area (TPSA) is 141 Å². The van der Waals surface area contributed by atoms with E-state index in [0.717, 1.165) is 6.92 Å². The maximum Gasteiger partial charge on any atom is 0.343 e. The molecule has 50 heavy (non-hydrogen) atoms. The number of Topliss-reactive ketones (excluding diaryl/α,β-unsaturated/α-hetero) is 1. The van der Waals surface area contributed by atoms with Crippen molar-refractivity contribution in [2.45, 2.75) is 18.6 Å². The van der Waals surface area contributed by atoms with E-state index >= 15 is 0 Å². The van der Waals surface area contributed by atoms with Crippen LogP contribution in [0.3, 0.4) is 0 Å². The molecule has 5 aromatic rings. The third-order valence-electron chi connectivity index (χ3n) is 8.16. The number of benzene rings is 5. The fourth-order valence-electron chi connectivity index (χ4n) is 6.02. The molecule has 1 aliphatic carbocycles. The number of ether oxygens (including phenoxy) is 6. The first-order valence-electron chi connectivity index (χ1n) is 15.3. The van der Waals surface area contributed by atoms with Crippen LogP contribution in [0.5, 0.6) is 28.7 Å². The summed E-state index contributed by atoms with van der Waals surface area (Å²) in [7, 11) is 1.34. The smallest absolute Gasteiger partial charge is 0.343 e. The van der Waals surface area contributed by atoms with Crippen LogP contribution in [0.4, 0.5) is 0 Å². The molecule has 248 valence electrons. The van der Waals surface area contributed by atoms with E-state index in [2.05, 4.69) is 0 Å². The second-order valence-corrected chi connectivity index (χ2v) is 11.3. The number of esters is 4. The summed E-state index contributed by atoms with van der Waals surface area (Å²) in [6.07, 6.45) is 0. The van der Waals surface area contributed by atoms with Gasteiger partial charge in [-0.15, -0.1) is 0 Å². The van der Waals surface area contributed by atoms with Crippen LogP contribution in [0.1, 0.15) is 65.4 Å². The Kier molecular flexibility index (Phi) is 8.08. The lowest BCUT2D eigenvalue weighted by Crippen LogP contribution is -2.46. The molecular formula is C39H26O11. The lowest BCUT2D eigenvalue weighted by atomic mass is 9.89. The molecule has 0 saturated carbocycles. The molecule has 0 fully saturated rings. The van der Waals surface area contributed by atoms with E-state index in [4.69, 9.17) is 28.4 Å². The molecule has 0 aromatic heterocycles. The molecule has 0 amide bonds. The van der Waals surface area contributed by atoms with Crippen LogP contribution in [0, 0.1) is 0 Å². The zero-order valence-corrected chi connectivity index (χ0v) is 26.5. The standard InChI is InChI=1S/C39H26O11/c1-22(40)49-39-34(27-20-30(29(45-2)21-28(27)35(39)41)47-37(43)24-14-8-4-9-15-24)33-31(48-38(44)25-16-10-5-11-17-25)18-26(19-32(33)50-39)46-36(42)23-12-6-3-7-13-23/h3-21,34H,1-2H3/t34-,39+/m0/s1. The largest absolute Gasteiger partial charge is 0.493 e. The van der Waals surface area contributed by atoms with E-state index in [1.165, 1.54) is 31.4 Å². The van der Waals surface area contributed by atoms with Crippen molar-refractivity contribution in [2.24, 2.45) is 0 Å². The highest BCUT2D eigenvalue weighted by Gasteiger charge is 2.65. The molecule has 5 aromatic carbocycles. The van der Waals surface area contributed by atoms with Crippen molar-refractivity contribution < 1.29 is 52.4 Å². The number of ketones is 1. The molecule has 0 saturated heterocycles. The van der Waals surface area contributed by atoms with Crippen LogP contribution < -0.4 is 23.7 Å². The molecule has 11 heteroatoms. The van der Waals surface area contributed by atoms with E-state index in [1.807, 2.05) is 0 Å². The van der Waals surface area contributed by atoms with Crippen molar-refractivity contribution in [3.05, 3.63) is 149 Å². The van der Waals surface area contributed by atoms with Crippen molar-refractivity contribution in [1.82, 2.24) is 0 Å². The molecule has 0 bridgehead atoms. The van der Waals surface area contributed by atoms with E-state index in [0.29, 0.717) is 0 Å². The summed E-state index contributed by atoms with van der Waals surface area (Å²) in [6, 6.07) is 30.1. The Hall–Kier alpha value is -6.75. The highest BCUT2D eigenvalue weighted by Crippen LogP contribution is 2.60. The van der Waals surface area contributed by atoms with Gasteiger partial charge in [0, 0.05) is 24.6 Å². The van der Waals surface area contributed by atoms with Crippen molar-refractivity contribution in [3.8, 4) is 28.7 Å². The average Bonchev–Trinajstić information content (AvgIpc) is 3.56. The Morgan fingerprint density at radius 1 is 0.640 bits per heavy atom. The molecule has 2 aliphatic rings. The van der Waals surface area contributed by atoms with E-state index < -0.39 is 41.4 Å². The van der Waals surface area contributed by atoms with Crippen LogP contribution in [-0.4, -0.2) is 42.6 Å². The Morgan fingerprint density at radius 3 is 1.68 bits per heavy atom. The fraction of sp³-hybridized carbons (Fsp3) is 0.103. The molecule has 2 atom stereocenters. The summed E-state index contributed by atoms with van der Waals surface area (Å²) in [4.78, 5) is 66.4. The highest BCUT2D eigenvalue weighted by molar-refractivity contribution is 6.10. The maximum absolute atomic E-state index is 14.3. The van der Waals surface area contributed by atoms with Gasteiger partial charge in [0.15, 0.2) is 11.5 Å². The average molecular weight is 671 g/mol. The Morgan fingerprint density at radius 2 is 1.16 bits per heavy atom. The predicted octanol–water partition coefficient (Wildman–Crippen LogP) is 6.33. The van der Waals surface area contributed by atoms with Gasteiger partial charge in [-0.1, -0.05) is 54.6 Å². The van der Waals surface area contributed by atoms with Gasteiger partial charge >= 0.3 is 29.7 Å². The monoisotopic (exact) mass is 670 g/mol. The molecule has 1 aliphatic heterocycles. The van der Waals surface area contributed by atoms with Crippen LogP contribution in [0.25, 0.3) is 0 Å². The summed E-state index contributed by atoms with van der Waals surface area (Å²) in [5.41, 5.74) is 1.16. The first-order chi connectivity index (χ1) is 24.2. The summed E-state index contributed by atoms with van der Waals surface area (Å²) in [6.45, 7) is 1.12. The van der Waals surface area contributed by atoms with Gasteiger partial charge in [0.1, 0.15) is 23.2 Å². The van der Waals surface area contributed by atoms with Crippen molar-refractivity contribution in [3.63, 3.8) is 0 Å². The Labute approximate surface area is 284 Å². The van der Waals surface area contributed by atoms with Gasteiger partial charge in [0.05, 0.1) is 29.4 Å². The van der Waals surface area contributed by atoms with Crippen LogP contribution >= 0.6 is 0 Å². The number of carbonyl (C=O) groups excluding carboxylic acids is 5. The lowest BCUT2D eigenvalue weighted by Gasteiger charge is -2.26. The second-order valence-electron chi connectivity index (χ2n) is 11.3. The first-order valence-corrected chi connectivity index (χ1v) is 15.3. The van der Waals surface area contributed by atoms with Crippen molar-refractivity contribution in [2.75, 3.05) is 7.11 Å². The number of hydrogen-bond acceptors (Lipinski definition) is 11. The first kappa shape index (κ1) is 31.8. The third-order valence-corrected chi connectivity index (χ3v) is 8.16. The Bertz CT molecular complexity index is 2180. The zero-order valence-electron chi connectivity index (χ0n) is 26.5. The summed E-state index contributed by atoms with van der Waals surface area (Å²) in [5, 5.41) is 0. The van der Waals surface area contributed by atoms with Gasteiger partial charge in [0.25, 0.3) is 0 Å². The molecule has 0 radical (unpaired) electrons. The normalized spacial score (nSPS) is 16.6. The molecule has 0 unspecified atom stereocenters. The maximum atomic E-state index is 14.3. The third kappa shape index (κ3) is 5.60. The van der Waals surface area contributed by atoms with Gasteiger partial charge < -0.3 is 28.4 Å². The molecular weight excluding hydrogens is 644 g/mol. The minimum Gasteiger partial charge on any atom is -0.493 e. The van der Waals surface area contributed by atoms with Crippen LogP contribution in [-0.2, 0) is 9.53 Å². The van der Waals surface area contributed by atoms with Gasteiger partial charge in [-0.05, 0) is 54.1 Å². The van der Waals surface area contributed by atoms with Gasteiger partial charge in [0.2, 0.25) is 5.78 Å². The molecule has 0 N–H and O–H groups in total. The van der Waals surface area contributed by atoms with E-state index in [1.54, 1.807) is 91.0 Å². The van der Waals surface area contributed by atoms with Crippen LogP contribution in [0.15, 0.2) is 115 Å². The van der Waals surface area contributed by atoms with Crippen molar-refractivity contribution in [1.29, 1.82) is 0 Å². The quantitative estimate of drug-likeness (QED) is 0.135. The highest BCUT2D eigenvalue weighted by atomic mass is 16.7. The molecule has 7 rings (SSSR count). The number of fused-ring (bicyclic) bond motifs is 5. The number of hydrogen-bond donors (Lipinski definition) is 0. The molecule has 0 spiro atoms. The van der Waals surface area contributed by atoms with E-state index in [-0.39, 0.29) is 62.1 Å². The molecule has 1 heterocycles. The number of methoxy groups -OCH3 is 1. The summed E-state index contributed by atoms with van der Waals surface area (Å²) >= 11 is 0. The predicted molar refractivity (Wildman–Crippen MR) is 175 cm³/mol. The lowest BCUT2D eigenvalue weighted by molar-refractivity contribution is -0.176. The van der Waals surface area contributed by atoms with Crippen LogP contribution in [0.2, 0.25) is 0 Å². The summed E-state index contributed by atoms with van der Waals surface area (Å²) < 4.78 is 34.7. The van der Waals surface area contributed by atoms with Gasteiger partial charge in [-0.2, -0.15) is 0 Å². The second kappa shape index (κ2) is 12.7. The number of carbonyl (C=O) groups is 5. The fourth-order valence-corrected chi connectivity index (χ4v) is 6.02.